The number of piperidine rings is 1. The Balaban J connectivity index is 1.56. The SMILES string of the molecule is COc1cc(N2CCC(C(=O)Nc3ccc(C)cn3)CC2)ncn1. The largest absolute Gasteiger partial charge is 0.481 e. The molecule has 0 atom stereocenters. The minimum absolute atomic E-state index is 0.00640. The number of rotatable bonds is 4. The number of amides is 1. The van der Waals surface area contributed by atoms with Crippen molar-refractivity contribution >= 4 is 17.5 Å². The average molecular weight is 327 g/mol. The summed E-state index contributed by atoms with van der Waals surface area (Å²) in [6.07, 6.45) is 4.81. The molecule has 7 nitrogen and oxygen atoms in total. The maximum atomic E-state index is 12.4. The van der Waals surface area contributed by atoms with Gasteiger partial charge in [-0.3, -0.25) is 4.79 Å². The van der Waals surface area contributed by atoms with E-state index in [1.807, 2.05) is 25.1 Å². The molecule has 2 aromatic heterocycles. The second-order valence-electron chi connectivity index (χ2n) is 5.89. The molecule has 0 radical (unpaired) electrons. The van der Waals surface area contributed by atoms with Crippen LogP contribution in [0.3, 0.4) is 0 Å². The molecule has 1 N–H and O–H groups in total. The Labute approximate surface area is 141 Å². The van der Waals surface area contributed by atoms with Gasteiger partial charge in [0.2, 0.25) is 11.8 Å². The molecule has 1 amide bonds. The maximum Gasteiger partial charge on any atom is 0.228 e. The predicted octanol–water partition coefficient (Wildman–Crippen LogP) is 2.04. The van der Waals surface area contributed by atoms with Gasteiger partial charge in [0.1, 0.15) is 18.0 Å². The highest BCUT2D eigenvalue weighted by molar-refractivity contribution is 5.91. The summed E-state index contributed by atoms with van der Waals surface area (Å²) in [5.74, 6) is 2.01. The van der Waals surface area contributed by atoms with E-state index in [1.165, 1.54) is 6.33 Å². The number of aromatic nitrogens is 3. The topological polar surface area (TPSA) is 80.2 Å². The van der Waals surface area contributed by atoms with Crippen molar-refractivity contribution in [3.05, 3.63) is 36.3 Å². The lowest BCUT2D eigenvalue weighted by Crippen LogP contribution is -2.38. The van der Waals surface area contributed by atoms with Crippen LogP contribution in [0.1, 0.15) is 18.4 Å². The molecule has 24 heavy (non-hydrogen) atoms. The molecule has 126 valence electrons. The molecule has 7 heteroatoms. The first-order chi connectivity index (χ1) is 11.7. The maximum absolute atomic E-state index is 12.4. The number of nitrogens with one attached hydrogen (secondary N) is 1. The zero-order valence-electron chi connectivity index (χ0n) is 13.9. The van der Waals surface area contributed by atoms with Crippen molar-refractivity contribution in [3.63, 3.8) is 0 Å². The van der Waals surface area contributed by atoms with Crippen molar-refractivity contribution < 1.29 is 9.53 Å². The van der Waals surface area contributed by atoms with Crippen LogP contribution in [0.4, 0.5) is 11.6 Å². The average Bonchev–Trinajstić information content (AvgIpc) is 2.64. The first-order valence-electron chi connectivity index (χ1n) is 8.00. The van der Waals surface area contributed by atoms with Crippen LogP contribution in [0, 0.1) is 12.8 Å². The fourth-order valence-corrected chi connectivity index (χ4v) is 2.76. The molecule has 0 spiro atoms. The fourth-order valence-electron chi connectivity index (χ4n) is 2.76. The summed E-state index contributed by atoms with van der Waals surface area (Å²) in [7, 11) is 1.59. The number of pyridine rings is 1. The van der Waals surface area contributed by atoms with E-state index in [4.69, 9.17) is 4.74 Å². The molecule has 0 aliphatic carbocycles. The van der Waals surface area contributed by atoms with Crippen molar-refractivity contribution in [1.82, 2.24) is 15.0 Å². The summed E-state index contributed by atoms with van der Waals surface area (Å²) in [6.45, 7) is 3.52. The number of hydrogen-bond acceptors (Lipinski definition) is 6. The zero-order valence-corrected chi connectivity index (χ0v) is 13.9. The van der Waals surface area contributed by atoms with Gasteiger partial charge in [0.25, 0.3) is 0 Å². The van der Waals surface area contributed by atoms with Crippen LogP contribution in [0.25, 0.3) is 0 Å². The summed E-state index contributed by atoms with van der Waals surface area (Å²) in [4.78, 5) is 27.1. The highest BCUT2D eigenvalue weighted by Gasteiger charge is 2.26. The molecule has 0 unspecified atom stereocenters. The Morgan fingerprint density at radius 2 is 2.04 bits per heavy atom. The van der Waals surface area contributed by atoms with E-state index in [0.717, 1.165) is 37.3 Å². The van der Waals surface area contributed by atoms with Crippen molar-refractivity contribution in [2.45, 2.75) is 19.8 Å². The van der Waals surface area contributed by atoms with Gasteiger partial charge in [0.15, 0.2) is 0 Å². The van der Waals surface area contributed by atoms with Gasteiger partial charge in [-0.1, -0.05) is 6.07 Å². The molecular weight excluding hydrogens is 306 g/mol. The summed E-state index contributed by atoms with van der Waals surface area (Å²) in [5, 5.41) is 2.90. The van der Waals surface area contributed by atoms with Gasteiger partial charge >= 0.3 is 0 Å². The second-order valence-corrected chi connectivity index (χ2v) is 5.89. The lowest BCUT2D eigenvalue weighted by molar-refractivity contribution is -0.120. The summed E-state index contributed by atoms with van der Waals surface area (Å²) in [5.41, 5.74) is 1.07. The first kappa shape index (κ1) is 16.2. The van der Waals surface area contributed by atoms with Gasteiger partial charge in [-0.2, -0.15) is 0 Å². The molecule has 0 aromatic carbocycles. The number of carbonyl (C=O) groups excluding carboxylic acids is 1. The number of anilines is 2. The number of methoxy groups -OCH3 is 1. The van der Waals surface area contributed by atoms with E-state index < -0.39 is 0 Å². The van der Waals surface area contributed by atoms with Gasteiger partial charge in [-0.25, -0.2) is 15.0 Å². The highest BCUT2D eigenvalue weighted by Crippen LogP contribution is 2.24. The molecule has 3 heterocycles. The minimum Gasteiger partial charge on any atom is -0.481 e. The third-order valence-electron chi connectivity index (χ3n) is 4.19. The molecule has 0 saturated carbocycles. The zero-order chi connectivity index (χ0) is 16.9. The van der Waals surface area contributed by atoms with Crippen LogP contribution in [-0.4, -0.2) is 41.1 Å². The number of ether oxygens (including phenoxy) is 1. The molecule has 2 aromatic rings. The second kappa shape index (κ2) is 7.25. The Morgan fingerprint density at radius 1 is 1.25 bits per heavy atom. The Bertz CT molecular complexity index is 696. The fraction of sp³-hybridized carbons (Fsp3) is 0.412. The monoisotopic (exact) mass is 327 g/mol. The number of carbonyl (C=O) groups is 1. The van der Waals surface area contributed by atoms with E-state index in [0.29, 0.717) is 11.7 Å². The smallest absolute Gasteiger partial charge is 0.228 e. The molecule has 3 rings (SSSR count). The summed E-state index contributed by atoms with van der Waals surface area (Å²) < 4.78 is 5.13. The van der Waals surface area contributed by atoms with Crippen LogP contribution >= 0.6 is 0 Å². The lowest BCUT2D eigenvalue weighted by atomic mass is 9.96. The van der Waals surface area contributed by atoms with Gasteiger partial charge in [0, 0.05) is 31.3 Å². The Morgan fingerprint density at radius 3 is 2.71 bits per heavy atom. The van der Waals surface area contributed by atoms with Gasteiger partial charge in [0.05, 0.1) is 7.11 Å². The lowest BCUT2D eigenvalue weighted by Gasteiger charge is -2.32. The molecule has 1 aliphatic rings. The van der Waals surface area contributed by atoms with Crippen molar-refractivity contribution in [2.75, 3.05) is 30.4 Å². The van der Waals surface area contributed by atoms with Crippen LogP contribution < -0.4 is 15.0 Å². The van der Waals surface area contributed by atoms with E-state index >= 15 is 0 Å². The van der Waals surface area contributed by atoms with Crippen LogP contribution in [0.15, 0.2) is 30.7 Å². The van der Waals surface area contributed by atoms with Crippen molar-refractivity contribution in [2.24, 2.45) is 5.92 Å². The quantitative estimate of drug-likeness (QED) is 0.926. The Kier molecular flexibility index (Phi) is 4.88. The van der Waals surface area contributed by atoms with Crippen LogP contribution in [-0.2, 0) is 4.79 Å². The highest BCUT2D eigenvalue weighted by atomic mass is 16.5. The van der Waals surface area contributed by atoms with Gasteiger partial charge in [-0.15, -0.1) is 0 Å². The third-order valence-corrected chi connectivity index (χ3v) is 4.19. The summed E-state index contributed by atoms with van der Waals surface area (Å²) in [6, 6.07) is 5.58. The van der Waals surface area contributed by atoms with E-state index in [2.05, 4.69) is 25.2 Å². The summed E-state index contributed by atoms with van der Waals surface area (Å²) >= 11 is 0. The van der Waals surface area contributed by atoms with Crippen molar-refractivity contribution in [1.29, 1.82) is 0 Å². The van der Waals surface area contributed by atoms with Gasteiger partial charge < -0.3 is 15.0 Å². The Hall–Kier alpha value is -2.70. The van der Waals surface area contributed by atoms with Crippen LogP contribution in [0.2, 0.25) is 0 Å². The van der Waals surface area contributed by atoms with E-state index in [1.54, 1.807) is 13.3 Å². The normalized spacial score (nSPS) is 15.2. The van der Waals surface area contributed by atoms with E-state index in [-0.39, 0.29) is 11.8 Å². The molecule has 1 fully saturated rings. The number of aryl methyl sites for hydroxylation is 1. The van der Waals surface area contributed by atoms with Gasteiger partial charge in [-0.05, 0) is 31.4 Å². The first-order valence-corrected chi connectivity index (χ1v) is 8.00. The van der Waals surface area contributed by atoms with Crippen molar-refractivity contribution in [3.8, 4) is 5.88 Å². The van der Waals surface area contributed by atoms with Crippen LogP contribution in [0.5, 0.6) is 5.88 Å². The molecular formula is C17H21N5O2. The molecule has 1 aliphatic heterocycles. The predicted molar refractivity (Wildman–Crippen MR) is 91.1 cm³/mol. The number of hydrogen-bond donors (Lipinski definition) is 1. The minimum atomic E-state index is -0.00640. The number of nitrogens with zero attached hydrogens (tertiary/aromatic N) is 4. The third kappa shape index (κ3) is 3.79. The standard InChI is InChI=1S/C17H21N5O2/c1-12-3-4-14(18-10-12)21-17(23)13-5-7-22(8-6-13)15-9-16(24-2)20-11-19-15/h3-4,9-11,13H,5-8H2,1-2H3,(H,18,21,23). The molecule has 0 bridgehead atoms. The molecule has 1 saturated heterocycles. The van der Waals surface area contributed by atoms with E-state index in [9.17, 15) is 4.79 Å².